The number of furan rings is 2. The van der Waals surface area contributed by atoms with Crippen molar-refractivity contribution in [1.82, 2.24) is 4.57 Å². The highest BCUT2D eigenvalue weighted by Crippen LogP contribution is 2.50. The summed E-state index contributed by atoms with van der Waals surface area (Å²) in [5.41, 5.74) is 19.1. The number of hydrogen-bond acceptors (Lipinski definition) is 2. The molecule has 0 N–H and O–H groups in total. The van der Waals surface area contributed by atoms with E-state index in [4.69, 9.17) is 8.83 Å². The standard InChI is InChI=1S/C51H37NO2/c1-51(2)43-15-7-3-11-34(43)35-22-20-32(26-44(35)51)40-28-33(29-42-38-14-6-10-18-48(38)54-50(40)42)52-45-16-8-4-12-36(45)41-25-30(21-24-46(41)52)31-19-23-39-37-13-5-9-17-47(37)53-49(39)27-31/h3-7,10-15,18-29H,8-9,16-17H2,1-2H3. The van der Waals surface area contributed by atoms with Crippen LogP contribution in [0.1, 0.15) is 60.4 Å². The molecule has 3 aliphatic carbocycles. The molecule has 0 unspecified atom stereocenters. The Balaban J connectivity index is 1.07. The molecule has 0 saturated heterocycles. The minimum absolute atomic E-state index is 0.0931. The number of para-hydroxylation sites is 1. The number of hydrogen-bond donors (Lipinski definition) is 0. The van der Waals surface area contributed by atoms with Crippen LogP contribution in [0.3, 0.4) is 0 Å². The quantitative estimate of drug-likeness (QED) is 0.184. The fourth-order valence-corrected chi connectivity index (χ4v) is 9.85. The van der Waals surface area contributed by atoms with Gasteiger partial charge in [0.25, 0.3) is 0 Å². The van der Waals surface area contributed by atoms with E-state index in [9.17, 15) is 0 Å². The Bertz CT molecular complexity index is 3140. The van der Waals surface area contributed by atoms with E-state index >= 15 is 0 Å². The summed E-state index contributed by atoms with van der Waals surface area (Å²) in [4.78, 5) is 0. The molecule has 0 saturated carbocycles. The van der Waals surface area contributed by atoms with Gasteiger partial charge in [0.1, 0.15) is 22.5 Å². The number of allylic oxidation sites excluding steroid dienone is 2. The second-order valence-electron chi connectivity index (χ2n) is 15.9. The second kappa shape index (κ2) is 10.9. The van der Waals surface area contributed by atoms with Gasteiger partial charge in [-0.25, -0.2) is 0 Å². The second-order valence-corrected chi connectivity index (χ2v) is 15.9. The highest BCUT2D eigenvalue weighted by Gasteiger charge is 2.35. The van der Waals surface area contributed by atoms with Gasteiger partial charge < -0.3 is 13.4 Å². The zero-order valence-electron chi connectivity index (χ0n) is 30.4. The molecule has 3 aliphatic rings. The maximum atomic E-state index is 6.73. The van der Waals surface area contributed by atoms with Gasteiger partial charge in [-0.2, -0.15) is 0 Å². The van der Waals surface area contributed by atoms with Gasteiger partial charge in [0.05, 0.1) is 5.52 Å². The SMILES string of the molecule is CC1(C)c2ccccc2-c2ccc(-c3cc(-n4c5c(c6cc(-c7ccc8c9c(oc8c7)CCC=C9)ccc64)C=CCC5)cc4c3oc3ccccc34)cc21. The Kier molecular flexibility index (Phi) is 6.07. The van der Waals surface area contributed by atoms with Crippen LogP contribution in [0, 0.1) is 0 Å². The van der Waals surface area contributed by atoms with Gasteiger partial charge in [0.15, 0.2) is 0 Å². The average molecular weight is 696 g/mol. The van der Waals surface area contributed by atoms with E-state index in [1.54, 1.807) is 0 Å². The minimum atomic E-state index is -0.0931. The van der Waals surface area contributed by atoms with Crippen LogP contribution in [0.4, 0.5) is 0 Å². The molecule has 6 aromatic carbocycles. The van der Waals surface area contributed by atoms with Crippen molar-refractivity contribution in [3.05, 3.63) is 161 Å². The van der Waals surface area contributed by atoms with Crippen LogP contribution in [-0.4, -0.2) is 4.57 Å². The molecule has 54 heavy (non-hydrogen) atoms. The van der Waals surface area contributed by atoms with Crippen LogP contribution in [-0.2, 0) is 18.3 Å². The van der Waals surface area contributed by atoms with Gasteiger partial charge in [-0.1, -0.05) is 105 Å². The van der Waals surface area contributed by atoms with Crippen LogP contribution >= 0.6 is 0 Å². The molecule has 0 bridgehead atoms. The van der Waals surface area contributed by atoms with Crippen molar-refractivity contribution in [2.45, 2.75) is 44.9 Å². The predicted molar refractivity (Wildman–Crippen MR) is 223 cm³/mol. The van der Waals surface area contributed by atoms with Gasteiger partial charge in [0.2, 0.25) is 0 Å². The third-order valence-corrected chi connectivity index (χ3v) is 12.5. The Morgan fingerprint density at radius 1 is 0.537 bits per heavy atom. The first-order valence-electron chi connectivity index (χ1n) is 19.3. The van der Waals surface area contributed by atoms with E-state index in [1.165, 1.54) is 72.1 Å². The van der Waals surface area contributed by atoms with Gasteiger partial charge in [-0.05, 0) is 107 Å². The molecular weight excluding hydrogens is 659 g/mol. The maximum absolute atomic E-state index is 6.73. The first-order chi connectivity index (χ1) is 26.5. The third-order valence-electron chi connectivity index (χ3n) is 12.5. The lowest BCUT2D eigenvalue weighted by Gasteiger charge is -2.22. The van der Waals surface area contributed by atoms with E-state index in [0.29, 0.717) is 0 Å². The lowest BCUT2D eigenvalue weighted by Crippen LogP contribution is -2.14. The monoisotopic (exact) mass is 695 g/mol. The fraction of sp³-hybridized carbons (Fsp3) is 0.137. The van der Waals surface area contributed by atoms with Crippen LogP contribution < -0.4 is 0 Å². The zero-order chi connectivity index (χ0) is 35.7. The van der Waals surface area contributed by atoms with Crippen molar-refractivity contribution < 1.29 is 8.83 Å². The van der Waals surface area contributed by atoms with Gasteiger partial charge in [-0.3, -0.25) is 0 Å². The fourth-order valence-electron chi connectivity index (χ4n) is 9.85. The summed E-state index contributed by atoms with van der Waals surface area (Å²) in [5.74, 6) is 1.10. The number of fused-ring (bicyclic) bond motifs is 12. The summed E-state index contributed by atoms with van der Waals surface area (Å²) >= 11 is 0. The zero-order valence-corrected chi connectivity index (χ0v) is 30.4. The van der Waals surface area contributed by atoms with Crippen LogP contribution in [0.5, 0.6) is 0 Å². The molecule has 0 radical (unpaired) electrons. The first kappa shape index (κ1) is 30.2. The Morgan fingerprint density at radius 3 is 2.26 bits per heavy atom. The lowest BCUT2D eigenvalue weighted by molar-refractivity contribution is 0.546. The molecule has 3 aromatic heterocycles. The minimum Gasteiger partial charge on any atom is -0.460 e. The van der Waals surface area contributed by atoms with Crippen LogP contribution in [0.15, 0.2) is 136 Å². The largest absolute Gasteiger partial charge is 0.460 e. The molecule has 3 nitrogen and oxygen atoms in total. The normalized spacial score (nSPS) is 15.3. The highest BCUT2D eigenvalue weighted by molar-refractivity contribution is 6.11. The summed E-state index contributed by atoms with van der Waals surface area (Å²) in [6, 6.07) is 42.8. The number of aryl methyl sites for hydroxylation is 1. The van der Waals surface area contributed by atoms with Crippen molar-refractivity contribution in [2.24, 2.45) is 0 Å². The predicted octanol–water partition coefficient (Wildman–Crippen LogP) is 13.8. The van der Waals surface area contributed by atoms with Crippen molar-refractivity contribution in [2.75, 3.05) is 0 Å². The summed E-state index contributed by atoms with van der Waals surface area (Å²) in [6.07, 6.45) is 13.1. The smallest absolute Gasteiger partial charge is 0.143 e. The summed E-state index contributed by atoms with van der Waals surface area (Å²) in [6.45, 7) is 4.71. The van der Waals surface area contributed by atoms with Crippen molar-refractivity contribution in [1.29, 1.82) is 0 Å². The molecular formula is C51H37NO2. The van der Waals surface area contributed by atoms with Crippen molar-refractivity contribution >= 4 is 56.0 Å². The summed E-state index contributed by atoms with van der Waals surface area (Å²) < 4.78 is 15.6. The van der Waals surface area contributed by atoms with E-state index in [0.717, 1.165) is 70.2 Å². The van der Waals surface area contributed by atoms with E-state index in [-0.39, 0.29) is 5.41 Å². The lowest BCUT2D eigenvalue weighted by atomic mass is 9.81. The average Bonchev–Trinajstić information content (AvgIpc) is 3.94. The molecule has 0 amide bonds. The van der Waals surface area contributed by atoms with Crippen molar-refractivity contribution in [3.8, 4) is 39.1 Å². The molecule has 3 heterocycles. The molecule has 3 heteroatoms. The molecule has 9 aromatic rings. The summed E-state index contributed by atoms with van der Waals surface area (Å²) in [5, 5.41) is 4.76. The Labute approximate surface area is 313 Å². The topological polar surface area (TPSA) is 31.2 Å². The molecule has 258 valence electrons. The molecule has 0 aliphatic heterocycles. The molecule has 0 atom stereocenters. The van der Waals surface area contributed by atoms with Crippen LogP contribution in [0.2, 0.25) is 0 Å². The molecule has 12 rings (SSSR count). The Morgan fingerprint density at radius 2 is 1.31 bits per heavy atom. The third kappa shape index (κ3) is 4.13. The Hall–Kier alpha value is -6.32. The van der Waals surface area contributed by atoms with Gasteiger partial charge >= 0.3 is 0 Å². The van der Waals surface area contributed by atoms with E-state index < -0.39 is 0 Å². The van der Waals surface area contributed by atoms with Gasteiger partial charge in [-0.15, -0.1) is 0 Å². The first-order valence-corrected chi connectivity index (χ1v) is 19.3. The van der Waals surface area contributed by atoms with E-state index in [1.807, 2.05) is 0 Å². The number of rotatable bonds is 3. The van der Waals surface area contributed by atoms with Gasteiger partial charge in [0, 0.05) is 61.5 Å². The number of benzene rings is 6. The molecule has 0 spiro atoms. The van der Waals surface area contributed by atoms with Crippen molar-refractivity contribution in [3.63, 3.8) is 0 Å². The van der Waals surface area contributed by atoms with Crippen LogP contribution in [0.25, 0.3) is 95.0 Å². The van der Waals surface area contributed by atoms with E-state index in [2.05, 4.69) is 158 Å². The number of aromatic nitrogens is 1. The maximum Gasteiger partial charge on any atom is 0.143 e. The highest BCUT2D eigenvalue weighted by atomic mass is 16.3. The number of nitrogens with zero attached hydrogens (tertiary/aromatic N) is 1. The molecule has 0 fully saturated rings. The summed E-state index contributed by atoms with van der Waals surface area (Å²) in [7, 11) is 0.